The van der Waals surface area contributed by atoms with Gasteiger partial charge in [0.2, 0.25) is 0 Å². The standard InChI is InChI=1S/C20H28O3/c1-6-18(11-8-16(3)4)14-22-20(21-7-2)23-15-19-12-9-17(5)10-13-19/h6,8-13,20H,1,7,14-15H2,2-5H3/b18-11+. The van der Waals surface area contributed by atoms with Gasteiger partial charge in [0.15, 0.2) is 0 Å². The summed E-state index contributed by atoms with van der Waals surface area (Å²) in [7, 11) is 0. The van der Waals surface area contributed by atoms with Crippen LogP contribution in [-0.2, 0) is 20.8 Å². The van der Waals surface area contributed by atoms with Crippen molar-refractivity contribution >= 4 is 0 Å². The lowest BCUT2D eigenvalue weighted by atomic mass is 10.2. The Balaban J connectivity index is 2.53. The zero-order valence-electron chi connectivity index (χ0n) is 14.7. The molecule has 1 atom stereocenters. The van der Waals surface area contributed by atoms with E-state index >= 15 is 0 Å². The zero-order valence-corrected chi connectivity index (χ0v) is 14.7. The highest BCUT2D eigenvalue weighted by molar-refractivity contribution is 5.24. The summed E-state index contributed by atoms with van der Waals surface area (Å²) in [5.41, 5.74) is 4.52. The minimum absolute atomic E-state index is 0.395. The molecule has 1 unspecified atom stereocenters. The molecule has 0 aliphatic carbocycles. The Morgan fingerprint density at radius 1 is 1.09 bits per heavy atom. The molecule has 0 aliphatic heterocycles. The molecule has 23 heavy (non-hydrogen) atoms. The first kappa shape index (κ1) is 19.4. The van der Waals surface area contributed by atoms with Crippen LogP contribution in [0.3, 0.4) is 0 Å². The van der Waals surface area contributed by atoms with E-state index in [0.29, 0.717) is 19.8 Å². The fraction of sp³-hybridized carbons (Fsp3) is 0.400. The molecule has 0 saturated heterocycles. The van der Waals surface area contributed by atoms with Crippen LogP contribution in [0.4, 0.5) is 0 Å². The van der Waals surface area contributed by atoms with Gasteiger partial charge in [0.1, 0.15) is 0 Å². The molecule has 1 rings (SSSR count). The van der Waals surface area contributed by atoms with Gasteiger partial charge in [-0.15, -0.1) is 0 Å². The smallest absolute Gasteiger partial charge is 0.272 e. The Morgan fingerprint density at radius 3 is 2.35 bits per heavy atom. The summed E-state index contributed by atoms with van der Waals surface area (Å²) in [4.78, 5) is 0. The Kier molecular flexibility index (Phi) is 9.22. The molecule has 0 fully saturated rings. The molecule has 3 heteroatoms. The number of hydrogen-bond donors (Lipinski definition) is 0. The molecule has 0 radical (unpaired) electrons. The maximum Gasteiger partial charge on any atom is 0.272 e. The number of allylic oxidation sites excluding steroid dienone is 3. The SMILES string of the molecule is C=C/C(=C\C=C(C)C)COC(OCC)OCc1ccc(C)cc1. The van der Waals surface area contributed by atoms with E-state index in [4.69, 9.17) is 14.2 Å². The maximum atomic E-state index is 5.71. The third-order valence-electron chi connectivity index (χ3n) is 3.09. The van der Waals surface area contributed by atoms with Crippen LogP contribution in [0.5, 0.6) is 0 Å². The van der Waals surface area contributed by atoms with Crippen molar-refractivity contribution in [3.8, 4) is 0 Å². The monoisotopic (exact) mass is 316 g/mol. The Bertz CT molecular complexity index is 522. The van der Waals surface area contributed by atoms with E-state index in [1.165, 1.54) is 11.1 Å². The highest BCUT2D eigenvalue weighted by atomic mass is 16.8. The lowest BCUT2D eigenvalue weighted by Crippen LogP contribution is -2.22. The quantitative estimate of drug-likeness (QED) is 0.452. The summed E-state index contributed by atoms with van der Waals surface area (Å²) in [5.74, 6) is 0. The minimum Gasteiger partial charge on any atom is -0.330 e. The van der Waals surface area contributed by atoms with Crippen LogP contribution in [0.1, 0.15) is 31.9 Å². The van der Waals surface area contributed by atoms with Crippen LogP contribution < -0.4 is 0 Å². The van der Waals surface area contributed by atoms with Gasteiger partial charge in [0, 0.05) is 6.61 Å². The maximum absolute atomic E-state index is 5.71. The second-order valence-electron chi connectivity index (χ2n) is 5.54. The fourth-order valence-electron chi connectivity index (χ4n) is 1.74. The van der Waals surface area contributed by atoms with Crippen LogP contribution in [-0.4, -0.2) is 19.7 Å². The first-order valence-electron chi connectivity index (χ1n) is 7.92. The second-order valence-corrected chi connectivity index (χ2v) is 5.54. The average Bonchev–Trinajstić information content (AvgIpc) is 2.53. The Morgan fingerprint density at radius 2 is 1.78 bits per heavy atom. The van der Waals surface area contributed by atoms with Gasteiger partial charge in [-0.05, 0) is 38.8 Å². The molecule has 1 aromatic rings. The average molecular weight is 316 g/mol. The van der Waals surface area contributed by atoms with Crippen LogP contribution in [0.15, 0.2) is 60.2 Å². The van der Waals surface area contributed by atoms with Crippen LogP contribution in [0, 0.1) is 6.92 Å². The summed E-state index contributed by atoms with van der Waals surface area (Å²) in [6.07, 6.45) is 5.80. The predicted octanol–water partition coefficient (Wildman–Crippen LogP) is 4.93. The van der Waals surface area contributed by atoms with Gasteiger partial charge in [-0.1, -0.05) is 60.2 Å². The van der Waals surface area contributed by atoms with E-state index < -0.39 is 6.48 Å². The van der Waals surface area contributed by atoms with Crippen LogP contribution >= 0.6 is 0 Å². The van der Waals surface area contributed by atoms with Crippen molar-refractivity contribution in [3.05, 3.63) is 71.3 Å². The van der Waals surface area contributed by atoms with Gasteiger partial charge in [-0.3, -0.25) is 0 Å². The first-order valence-corrected chi connectivity index (χ1v) is 7.92. The molecule has 126 valence electrons. The molecule has 0 heterocycles. The molecule has 0 aromatic heterocycles. The van der Waals surface area contributed by atoms with E-state index in [2.05, 4.69) is 25.6 Å². The van der Waals surface area contributed by atoms with Gasteiger partial charge in [0.05, 0.1) is 13.2 Å². The van der Waals surface area contributed by atoms with Crippen molar-refractivity contribution in [2.45, 2.75) is 40.8 Å². The molecule has 0 saturated carbocycles. The normalized spacial score (nSPS) is 12.8. The van der Waals surface area contributed by atoms with E-state index in [9.17, 15) is 0 Å². The lowest BCUT2D eigenvalue weighted by molar-refractivity contribution is -0.287. The largest absolute Gasteiger partial charge is 0.330 e. The van der Waals surface area contributed by atoms with Gasteiger partial charge in [-0.25, -0.2) is 0 Å². The molecule has 0 amide bonds. The topological polar surface area (TPSA) is 27.7 Å². The van der Waals surface area contributed by atoms with E-state index in [-0.39, 0.29) is 0 Å². The summed E-state index contributed by atoms with van der Waals surface area (Å²) in [6, 6.07) is 8.21. The van der Waals surface area contributed by atoms with Crippen LogP contribution in [0.25, 0.3) is 0 Å². The lowest BCUT2D eigenvalue weighted by Gasteiger charge is -2.18. The third-order valence-corrected chi connectivity index (χ3v) is 3.09. The summed E-state index contributed by atoms with van der Waals surface area (Å²) in [5, 5.41) is 0. The molecular weight excluding hydrogens is 288 g/mol. The highest BCUT2D eigenvalue weighted by Crippen LogP contribution is 2.09. The first-order chi connectivity index (χ1) is 11.0. The number of benzene rings is 1. The van der Waals surface area contributed by atoms with Gasteiger partial charge in [0.25, 0.3) is 6.48 Å². The molecule has 0 aliphatic rings. The molecule has 0 N–H and O–H groups in total. The van der Waals surface area contributed by atoms with Crippen molar-refractivity contribution in [2.24, 2.45) is 0 Å². The van der Waals surface area contributed by atoms with E-state index in [1.807, 2.05) is 45.1 Å². The number of rotatable bonds is 10. The van der Waals surface area contributed by atoms with Crippen molar-refractivity contribution in [3.63, 3.8) is 0 Å². The Hall–Kier alpha value is -1.68. The third kappa shape index (κ3) is 8.50. The van der Waals surface area contributed by atoms with E-state index in [0.717, 1.165) is 11.1 Å². The minimum atomic E-state index is -0.684. The fourth-order valence-corrected chi connectivity index (χ4v) is 1.74. The highest BCUT2D eigenvalue weighted by Gasteiger charge is 2.10. The van der Waals surface area contributed by atoms with Crippen molar-refractivity contribution in [1.29, 1.82) is 0 Å². The van der Waals surface area contributed by atoms with Crippen molar-refractivity contribution < 1.29 is 14.2 Å². The molecule has 1 aromatic carbocycles. The predicted molar refractivity (Wildman–Crippen MR) is 95.0 cm³/mol. The molecule has 0 bridgehead atoms. The summed E-state index contributed by atoms with van der Waals surface area (Å²) < 4.78 is 16.9. The summed E-state index contributed by atoms with van der Waals surface area (Å²) >= 11 is 0. The summed E-state index contributed by atoms with van der Waals surface area (Å²) in [6.45, 7) is 12.6. The van der Waals surface area contributed by atoms with E-state index in [1.54, 1.807) is 6.08 Å². The number of aryl methyl sites for hydroxylation is 1. The number of ether oxygens (including phenoxy) is 3. The molecule has 0 spiro atoms. The molecular formula is C20H28O3. The van der Waals surface area contributed by atoms with Crippen molar-refractivity contribution in [2.75, 3.05) is 13.2 Å². The number of hydrogen-bond acceptors (Lipinski definition) is 3. The van der Waals surface area contributed by atoms with Gasteiger partial charge >= 0.3 is 0 Å². The van der Waals surface area contributed by atoms with Gasteiger partial charge in [-0.2, -0.15) is 0 Å². The molecule has 3 nitrogen and oxygen atoms in total. The zero-order chi connectivity index (χ0) is 17.1. The van der Waals surface area contributed by atoms with Gasteiger partial charge < -0.3 is 14.2 Å². The van der Waals surface area contributed by atoms with Crippen molar-refractivity contribution in [1.82, 2.24) is 0 Å². The Labute approximate surface area is 140 Å². The second kappa shape index (κ2) is 10.9. The van der Waals surface area contributed by atoms with Crippen LogP contribution in [0.2, 0.25) is 0 Å².